The summed E-state index contributed by atoms with van der Waals surface area (Å²) in [4.78, 5) is 27.0. The number of rotatable bonds is 5. The molecule has 0 saturated carbocycles. The van der Waals surface area contributed by atoms with Crippen molar-refractivity contribution in [3.05, 3.63) is 49.0 Å². The van der Waals surface area contributed by atoms with Crippen LogP contribution in [0.4, 0.5) is 0 Å². The van der Waals surface area contributed by atoms with Crippen LogP contribution in [0.1, 0.15) is 18.7 Å². The molecular weight excluding hydrogens is 332 g/mol. The molecule has 0 radical (unpaired) electrons. The number of aromatic nitrogens is 5. The van der Waals surface area contributed by atoms with E-state index >= 15 is 0 Å². The first-order chi connectivity index (χ1) is 12.8. The molecule has 8 heteroatoms. The Morgan fingerprint density at radius 3 is 2.96 bits per heavy atom. The molecule has 4 rings (SSSR count). The van der Waals surface area contributed by atoms with Gasteiger partial charge in [-0.05, 0) is 30.9 Å². The molecule has 1 amide bonds. The Balaban J connectivity index is 1.36. The molecule has 0 bridgehead atoms. The van der Waals surface area contributed by atoms with Gasteiger partial charge in [0.1, 0.15) is 12.2 Å². The fraction of sp³-hybridized carbons (Fsp3) is 0.389. The van der Waals surface area contributed by atoms with Crippen molar-refractivity contribution in [2.24, 2.45) is 5.92 Å². The van der Waals surface area contributed by atoms with Crippen molar-refractivity contribution in [3.63, 3.8) is 0 Å². The van der Waals surface area contributed by atoms with Gasteiger partial charge >= 0.3 is 0 Å². The van der Waals surface area contributed by atoms with Crippen molar-refractivity contribution in [2.75, 3.05) is 13.1 Å². The summed E-state index contributed by atoms with van der Waals surface area (Å²) in [5, 5.41) is 3.98. The minimum absolute atomic E-state index is 0.150. The first-order valence-electron chi connectivity index (χ1n) is 8.75. The molecular formula is C18H20N6O2. The highest BCUT2D eigenvalue weighted by Crippen LogP contribution is 2.21. The number of piperidine rings is 1. The first-order valence-corrected chi connectivity index (χ1v) is 8.75. The third-order valence-electron chi connectivity index (χ3n) is 4.58. The van der Waals surface area contributed by atoms with E-state index < -0.39 is 0 Å². The zero-order valence-electron chi connectivity index (χ0n) is 14.4. The highest BCUT2D eigenvalue weighted by molar-refractivity contribution is 5.76. The monoisotopic (exact) mass is 352 g/mol. The number of carbonyl (C=O) groups excluding carboxylic acids is 1. The molecule has 1 fully saturated rings. The molecule has 26 heavy (non-hydrogen) atoms. The minimum atomic E-state index is 0.150. The number of hydrogen-bond acceptors (Lipinski definition) is 6. The van der Waals surface area contributed by atoms with Crippen LogP contribution in [0.15, 0.2) is 47.6 Å². The highest BCUT2D eigenvalue weighted by atomic mass is 16.5. The molecule has 0 N–H and O–H groups in total. The van der Waals surface area contributed by atoms with Crippen molar-refractivity contribution in [1.82, 2.24) is 29.6 Å². The van der Waals surface area contributed by atoms with E-state index in [2.05, 4.69) is 20.1 Å². The molecule has 4 heterocycles. The summed E-state index contributed by atoms with van der Waals surface area (Å²) in [6.45, 7) is 1.92. The molecule has 1 aliphatic heterocycles. The number of amides is 1. The predicted molar refractivity (Wildman–Crippen MR) is 92.8 cm³/mol. The number of hydrogen-bond donors (Lipinski definition) is 0. The van der Waals surface area contributed by atoms with Crippen molar-refractivity contribution < 1.29 is 9.32 Å². The van der Waals surface area contributed by atoms with E-state index in [4.69, 9.17) is 4.52 Å². The SMILES string of the molecule is O=C(Cn1cccc1)N1CCC[C@@H](Cc2nc(-c3cnccn3)no2)C1. The topological polar surface area (TPSA) is 89.9 Å². The molecule has 8 nitrogen and oxygen atoms in total. The van der Waals surface area contributed by atoms with E-state index in [0.29, 0.717) is 36.3 Å². The molecule has 1 atom stereocenters. The van der Waals surface area contributed by atoms with Crippen LogP contribution >= 0.6 is 0 Å². The third-order valence-corrected chi connectivity index (χ3v) is 4.58. The lowest BCUT2D eigenvalue weighted by atomic mass is 9.94. The lowest BCUT2D eigenvalue weighted by molar-refractivity contribution is -0.133. The van der Waals surface area contributed by atoms with Crippen molar-refractivity contribution in [2.45, 2.75) is 25.8 Å². The van der Waals surface area contributed by atoms with Gasteiger partial charge in [0.25, 0.3) is 0 Å². The smallest absolute Gasteiger partial charge is 0.242 e. The third kappa shape index (κ3) is 3.79. The van der Waals surface area contributed by atoms with Gasteiger partial charge in [0.05, 0.1) is 6.20 Å². The zero-order chi connectivity index (χ0) is 17.8. The van der Waals surface area contributed by atoms with E-state index in [0.717, 1.165) is 25.9 Å². The molecule has 3 aromatic rings. The summed E-state index contributed by atoms with van der Waals surface area (Å²) in [7, 11) is 0. The highest BCUT2D eigenvalue weighted by Gasteiger charge is 2.25. The van der Waals surface area contributed by atoms with Gasteiger partial charge < -0.3 is 14.0 Å². The average molecular weight is 352 g/mol. The normalized spacial score (nSPS) is 17.4. The fourth-order valence-electron chi connectivity index (χ4n) is 3.29. The Morgan fingerprint density at radius 2 is 2.15 bits per heavy atom. The van der Waals surface area contributed by atoms with Gasteiger partial charge in [-0.25, -0.2) is 4.98 Å². The predicted octanol–water partition coefficient (Wildman–Crippen LogP) is 1.81. The van der Waals surface area contributed by atoms with Crippen LogP contribution in [0, 0.1) is 5.92 Å². The van der Waals surface area contributed by atoms with Gasteiger partial charge in [0, 0.05) is 44.3 Å². The Bertz CT molecular complexity index is 846. The van der Waals surface area contributed by atoms with Crippen molar-refractivity contribution in [3.8, 4) is 11.5 Å². The van der Waals surface area contributed by atoms with Crippen LogP contribution in [-0.2, 0) is 17.8 Å². The summed E-state index contributed by atoms with van der Waals surface area (Å²) in [5.74, 6) is 1.50. The van der Waals surface area contributed by atoms with Gasteiger partial charge in [-0.1, -0.05) is 5.16 Å². The second-order valence-electron chi connectivity index (χ2n) is 6.51. The van der Waals surface area contributed by atoms with Gasteiger partial charge in [-0.15, -0.1) is 0 Å². The van der Waals surface area contributed by atoms with Gasteiger partial charge in [-0.2, -0.15) is 4.98 Å². The fourth-order valence-corrected chi connectivity index (χ4v) is 3.29. The van der Waals surface area contributed by atoms with Crippen LogP contribution in [0.5, 0.6) is 0 Å². The van der Waals surface area contributed by atoms with Gasteiger partial charge in [0.2, 0.25) is 17.6 Å². The maximum atomic E-state index is 12.5. The number of carbonyl (C=O) groups is 1. The molecule has 0 aromatic carbocycles. The summed E-state index contributed by atoms with van der Waals surface area (Å²) in [6.07, 6.45) is 11.3. The van der Waals surface area contributed by atoms with E-state index in [-0.39, 0.29) is 5.91 Å². The van der Waals surface area contributed by atoms with E-state index in [1.165, 1.54) is 0 Å². The van der Waals surface area contributed by atoms with E-state index in [9.17, 15) is 4.79 Å². The Labute approximate surface area is 150 Å². The lowest BCUT2D eigenvalue weighted by Gasteiger charge is -2.32. The zero-order valence-corrected chi connectivity index (χ0v) is 14.4. The number of likely N-dealkylation sites (tertiary alicyclic amines) is 1. The van der Waals surface area contributed by atoms with Crippen LogP contribution < -0.4 is 0 Å². The number of nitrogens with zero attached hydrogens (tertiary/aromatic N) is 6. The van der Waals surface area contributed by atoms with Crippen molar-refractivity contribution >= 4 is 5.91 Å². The van der Waals surface area contributed by atoms with Crippen LogP contribution in [-0.4, -0.2) is 48.6 Å². The summed E-state index contributed by atoms with van der Waals surface area (Å²) in [6, 6.07) is 3.85. The van der Waals surface area contributed by atoms with E-state index in [1.54, 1.807) is 18.6 Å². The van der Waals surface area contributed by atoms with Crippen LogP contribution in [0.2, 0.25) is 0 Å². The van der Waals surface area contributed by atoms with E-state index in [1.807, 2.05) is 34.0 Å². The molecule has 0 spiro atoms. The minimum Gasteiger partial charge on any atom is -0.345 e. The van der Waals surface area contributed by atoms with Crippen molar-refractivity contribution in [1.29, 1.82) is 0 Å². The lowest BCUT2D eigenvalue weighted by Crippen LogP contribution is -2.42. The average Bonchev–Trinajstić information content (AvgIpc) is 3.35. The molecule has 1 aliphatic rings. The summed E-state index contributed by atoms with van der Waals surface area (Å²) >= 11 is 0. The molecule has 1 saturated heterocycles. The van der Waals surface area contributed by atoms with Gasteiger partial charge in [-0.3, -0.25) is 9.78 Å². The maximum absolute atomic E-state index is 12.5. The first kappa shape index (κ1) is 16.4. The Morgan fingerprint density at radius 1 is 1.27 bits per heavy atom. The maximum Gasteiger partial charge on any atom is 0.242 e. The molecule has 134 valence electrons. The Hall–Kier alpha value is -3.03. The molecule has 0 aliphatic carbocycles. The summed E-state index contributed by atoms with van der Waals surface area (Å²) < 4.78 is 7.27. The summed E-state index contributed by atoms with van der Waals surface area (Å²) in [5.41, 5.74) is 0.592. The second kappa shape index (κ2) is 7.47. The standard InChI is InChI=1S/C18H20N6O2/c25-17(13-23-7-1-2-8-23)24-9-3-4-14(12-24)10-16-21-18(22-26-16)15-11-19-5-6-20-15/h1-2,5-8,11,14H,3-4,9-10,12-13H2/t14-/m0/s1. The molecule has 0 unspecified atom stereocenters. The molecule has 3 aromatic heterocycles. The Kier molecular flexibility index (Phi) is 4.72. The second-order valence-corrected chi connectivity index (χ2v) is 6.51. The van der Waals surface area contributed by atoms with Gasteiger partial charge in [0.15, 0.2) is 0 Å². The van der Waals surface area contributed by atoms with Crippen LogP contribution in [0.3, 0.4) is 0 Å². The van der Waals surface area contributed by atoms with Crippen LogP contribution in [0.25, 0.3) is 11.5 Å². The largest absolute Gasteiger partial charge is 0.345 e. The quantitative estimate of drug-likeness (QED) is 0.696.